The number of hydrogen-bond donors (Lipinski definition) is 1. The van der Waals surface area contributed by atoms with E-state index in [1.165, 1.54) is 64.6 Å². The number of piperazine rings is 1. The van der Waals surface area contributed by atoms with E-state index in [2.05, 4.69) is 10.2 Å². The molecule has 0 amide bonds. The van der Waals surface area contributed by atoms with Crippen LogP contribution in [0, 0.1) is 5.92 Å². The van der Waals surface area contributed by atoms with Crippen molar-refractivity contribution in [3.05, 3.63) is 0 Å². The second kappa shape index (κ2) is 4.46. The molecule has 0 aromatic rings. The van der Waals surface area contributed by atoms with Gasteiger partial charge in [0.05, 0.1) is 6.10 Å². The van der Waals surface area contributed by atoms with Crippen LogP contribution < -0.4 is 5.32 Å². The maximum Gasteiger partial charge on any atom is 0.0759 e. The van der Waals surface area contributed by atoms with Crippen LogP contribution in [0.25, 0.3) is 0 Å². The topological polar surface area (TPSA) is 24.5 Å². The quantitative estimate of drug-likeness (QED) is 0.808. The van der Waals surface area contributed by atoms with Crippen LogP contribution in [0.15, 0.2) is 0 Å². The molecule has 0 bridgehead atoms. The average Bonchev–Trinajstić information content (AvgIpc) is 2.95. The Labute approximate surface area is 110 Å². The minimum atomic E-state index is 0.467. The van der Waals surface area contributed by atoms with E-state index >= 15 is 0 Å². The normalized spacial score (nSPS) is 40.7. The van der Waals surface area contributed by atoms with Crippen molar-refractivity contribution in [1.82, 2.24) is 10.2 Å². The van der Waals surface area contributed by atoms with Gasteiger partial charge < -0.3 is 10.1 Å². The molecule has 1 spiro atoms. The molecule has 2 unspecified atom stereocenters. The maximum atomic E-state index is 6.03. The fourth-order valence-corrected chi connectivity index (χ4v) is 4.52. The van der Waals surface area contributed by atoms with Crippen LogP contribution in [0.3, 0.4) is 0 Å². The number of nitrogens with zero attached hydrogens (tertiary/aromatic N) is 1. The smallest absolute Gasteiger partial charge is 0.0759 e. The van der Waals surface area contributed by atoms with Gasteiger partial charge in [0.15, 0.2) is 0 Å². The van der Waals surface area contributed by atoms with Crippen molar-refractivity contribution in [3.8, 4) is 0 Å². The number of rotatable bonds is 2. The molecule has 4 fully saturated rings. The summed E-state index contributed by atoms with van der Waals surface area (Å²) in [5.41, 5.74) is 0.467. The highest BCUT2D eigenvalue weighted by Gasteiger charge is 2.46. The number of nitrogens with one attached hydrogen (secondary N) is 1. The first-order valence-electron chi connectivity index (χ1n) is 7.97. The molecule has 2 aliphatic carbocycles. The Balaban J connectivity index is 1.46. The molecule has 18 heavy (non-hydrogen) atoms. The van der Waals surface area contributed by atoms with Crippen LogP contribution in [-0.4, -0.2) is 48.8 Å². The van der Waals surface area contributed by atoms with Crippen LogP contribution in [0.4, 0.5) is 0 Å². The molecule has 2 aliphatic heterocycles. The van der Waals surface area contributed by atoms with Crippen molar-refractivity contribution in [2.45, 2.75) is 62.6 Å². The molecular formula is C15H26N2O. The Morgan fingerprint density at radius 2 is 1.94 bits per heavy atom. The lowest BCUT2D eigenvalue weighted by molar-refractivity contribution is 0.0221. The van der Waals surface area contributed by atoms with E-state index in [0.29, 0.717) is 11.6 Å². The Morgan fingerprint density at radius 1 is 1.11 bits per heavy atom. The zero-order valence-electron chi connectivity index (χ0n) is 11.4. The average molecular weight is 250 g/mol. The van der Waals surface area contributed by atoms with E-state index in [0.717, 1.165) is 18.6 Å². The largest absolute Gasteiger partial charge is 0.376 e. The first-order chi connectivity index (χ1) is 8.86. The molecule has 1 N–H and O–H groups in total. The van der Waals surface area contributed by atoms with Gasteiger partial charge >= 0.3 is 0 Å². The van der Waals surface area contributed by atoms with Crippen molar-refractivity contribution >= 4 is 0 Å². The SMILES string of the molecule is C1CCC2(C1)CN(C1CCOC1C1CC1)CCN2. The zero-order valence-corrected chi connectivity index (χ0v) is 11.4. The zero-order chi connectivity index (χ0) is 12.0. The van der Waals surface area contributed by atoms with E-state index in [1.807, 2.05) is 0 Å². The third-order valence-corrected chi connectivity index (χ3v) is 5.62. The van der Waals surface area contributed by atoms with Crippen LogP contribution in [-0.2, 0) is 4.74 Å². The van der Waals surface area contributed by atoms with Crippen molar-refractivity contribution in [2.24, 2.45) is 5.92 Å². The first kappa shape index (κ1) is 11.7. The van der Waals surface area contributed by atoms with Gasteiger partial charge in [0.1, 0.15) is 0 Å². The Bertz CT molecular complexity index is 310. The molecule has 4 aliphatic rings. The van der Waals surface area contributed by atoms with Crippen LogP contribution in [0.2, 0.25) is 0 Å². The van der Waals surface area contributed by atoms with Gasteiger partial charge in [-0.05, 0) is 38.0 Å². The van der Waals surface area contributed by atoms with Crippen LogP contribution >= 0.6 is 0 Å². The molecule has 3 heteroatoms. The van der Waals surface area contributed by atoms with Gasteiger partial charge in [-0.3, -0.25) is 4.90 Å². The highest BCUT2D eigenvalue weighted by Crippen LogP contribution is 2.41. The van der Waals surface area contributed by atoms with Gasteiger partial charge in [-0.2, -0.15) is 0 Å². The summed E-state index contributed by atoms with van der Waals surface area (Å²) < 4.78 is 6.03. The lowest BCUT2D eigenvalue weighted by Gasteiger charge is -2.45. The molecule has 0 aromatic carbocycles. The highest BCUT2D eigenvalue weighted by molar-refractivity contribution is 5.02. The molecule has 2 atom stereocenters. The minimum Gasteiger partial charge on any atom is -0.376 e. The van der Waals surface area contributed by atoms with Gasteiger partial charge in [0, 0.05) is 37.8 Å². The van der Waals surface area contributed by atoms with E-state index in [1.54, 1.807) is 0 Å². The van der Waals surface area contributed by atoms with Crippen molar-refractivity contribution in [2.75, 3.05) is 26.2 Å². The van der Waals surface area contributed by atoms with Gasteiger partial charge in [-0.25, -0.2) is 0 Å². The fraction of sp³-hybridized carbons (Fsp3) is 1.00. The summed E-state index contributed by atoms with van der Waals surface area (Å²) >= 11 is 0. The van der Waals surface area contributed by atoms with E-state index in [9.17, 15) is 0 Å². The summed E-state index contributed by atoms with van der Waals surface area (Å²) in [6, 6.07) is 0.733. The minimum absolute atomic E-state index is 0.467. The summed E-state index contributed by atoms with van der Waals surface area (Å²) in [6.07, 6.45) is 10.3. The summed E-state index contributed by atoms with van der Waals surface area (Å²) in [5, 5.41) is 3.83. The third-order valence-electron chi connectivity index (χ3n) is 5.62. The van der Waals surface area contributed by atoms with Gasteiger partial charge in [0.2, 0.25) is 0 Å². The van der Waals surface area contributed by atoms with E-state index in [-0.39, 0.29) is 0 Å². The summed E-state index contributed by atoms with van der Waals surface area (Å²) in [7, 11) is 0. The van der Waals surface area contributed by atoms with Crippen LogP contribution in [0.5, 0.6) is 0 Å². The van der Waals surface area contributed by atoms with Crippen molar-refractivity contribution < 1.29 is 4.74 Å². The van der Waals surface area contributed by atoms with Crippen molar-refractivity contribution in [3.63, 3.8) is 0 Å². The third kappa shape index (κ3) is 2.00. The maximum absolute atomic E-state index is 6.03. The highest BCUT2D eigenvalue weighted by atomic mass is 16.5. The Hall–Kier alpha value is -0.120. The molecule has 2 heterocycles. The van der Waals surface area contributed by atoms with Gasteiger partial charge in [-0.15, -0.1) is 0 Å². The van der Waals surface area contributed by atoms with E-state index in [4.69, 9.17) is 4.74 Å². The standard InChI is InChI=1S/C15H26N2O/c1-2-7-15(6-1)11-17(9-8-16-15)13-5-10-18-14(13)12-3-4-12/h12-14,16H,1-11H2. The lowest BCUT2D eigenvalue weighted by atomic mass is 9.92. The number of hydrogen-bond acceptors (Lipinski definition) is 3. The predicted octanol–water partition coefficient (Wildman–Crippen LogP) is 1.77. The number of ether oxygens (including phenoxy) is 1. The van der Waals surface area contributed by atoms with Crippen LogP contribution in [0.1, 0.15) is 44.9 Å². The second-order valence-corrected chi connectivity index (χ2v) is 6.91. The monoisotopic (exact) mass is 250 g/mol. The molecule has 102 valence electrons. The summed E-state index contributed by atoms with van der Waals surface area (Å²) in [5.74, 6) is 0.895. The molecule has 2 saturated carbocycles. The molecular weight excluding hydrogens is 224 g/mol. The Morgan fingerprint density at radius 3 is 2.72 bits per heavy atom. The van der Waals surface area contributed by atoms with E-state index < -0.39 is 0 Å². The molecule has 4 rings (SSSR count). The first-order valence-corrected chi connectivity index (χ1v) is 7.97. The fourth-order valence-electron chi connectivity index (χ4n) is 4.52. The summed E-state index contributed by atoms with van der Waals surface area (Å²) in [4.78, 5) is 2.78. The van der Waals surface area contributed by atoms with Gasteiger partial charge in [-0.1, -0.05) is 12.8 Å². The summed E-state index contributed by atoms with van der Waals surface area (Å²) in [6.45, 7) is 4.71. The van der Waals surface area contributed by atoms with Gasteiger partial charge in [0.25, 0.3) is 0 Å². The lowest BCUT2D eigenvalue weighted by Crippen LogP contribution is -2.62. The molecule has 0 radical (unpaired) electrons. The van der Waals surface area contributed by atoms with Crippen molar-refractivity contribution in [1.29, 1.82) is 0 Å². The Kier molecular flexibility index (Phi) is 2.90. The predicted molar refractivity (Wildman–Crippen MR) is 71.6 cm³/mol. The molecule has 2 saturated heterocycles. The molecule has 3 nitrogen and oxygen atoms in total. The molecule has 0 aromatic heterocycles. The second-order valence-electron chi connectivity index (χ2n) is 6.91.